The van der Waals surface area contributed by atoms with E-state index in [0.717, 1.165) is 5.56 Å². The van der Waals surface area contributed by atoms with Crippen LogP contribution in [0, 0.1) is 17.8 Å². The van der Waals surface area contributed by atoms with Gasteiger partial charge in [-0.2, -0.15) is 0 Å². The minimum absolute atomic E-state index is 0.00572. The van der Waals surface area contributed by atoms with Gasteiger partial charge in [0.25, 0.3) is 0 Å². The fourth-order valence-corrected chi connectivity index (χ4v) is 7.24. The number of ketones is 3. The molecule has 0 heterocycles. The highest BCUT2D eigenvalue weighted by molar-refractivity contribution is 6.25. The molecule has 0 saturated heterocycles. The van der Waals surface area contributed by atoms with Gasteiger partial charge in [-0.15, -0.1) is 0 Å². The molecular weight excluding hydrogens is 568 g/mol. The molecule has 3 aliphatic rings. The minimum atomic E-state index is -2.72. The van der Waals surface area contributed by atoms with Crippen molar-refractivity contribution in [3.05, 3.63) is 58.2 Å². The monoisotopic (exact) mass is 606 g/mol. The minimum Gasteiger partial charge on any atom is -0.507 e. The summed E-state index contributed by atoms with van der Waals surface area (Å²) in [6.45, 7) is 1.75. The first-order valence-corrected chi connectivity index (χ1v) is 14.4. The number of phenols is 1. The lowest BCUT2D eigenvalue weighted by Crippen LogP contribution is -2.73. The van der Waals surface area contributed by atoms with Gasteiger partial charge in [0.15, 0.2) is 17.2 Å². The van der Waals surface area contributed by atoms with Crippen LogP contribution in [0.2, 0.25) is 0 Å². The molecule has 0 aromatic heterocycles. The van der Waals surface area contributed by atoms with E-state index < -0.39 is 58.7 Å². The largest absolute Gasteiger partial charge is 0.507 e. The van der Waals surface area contributed by atoms with E-state index in [1.165, 1.54) is 6.92 Å². The van der Waals surface area contributed by atoms with E-state index in [1.807, 2.05) is 4.90 Å². The molecular formula is C32H38N4O8. The quantitative estimate of drug-likeness (QED) is 0.150. The number of likely N-dealkylation sites (N-methyl/N-ethyl adjacent to an activating group) is 1. The van der Waals surface area contributed by atoms with Crippen molar-refractivity contribution in [3.8, 4) is 5.75 Å². The molecule has 1 amide bonds. The van der Waals surface area contributed by atoms with Crippen molar-refractivity contribution >= 4 is 40.4 Å². The fraction of sp³-hybridized carbons (Fsp3) is 0.438. The number of primary amides is 1. The van der Waals surface area contributed by atoms with Crippen LogP contribution in [0.15, 0.2) is 35.9 Å². The Morgan fingerprint density at radius 2 is 1.73 bits per heavy atom. The van der Waals surface area contributed by atoms with Gasteiger partial charge in [0.2, 0.25) is 11.7 Å². The Kier molecular flexibility index (Phi) is 7.81. The molecule has 12 nitrogen and oxygen atoms in total. The standard InChI is InChI=1S/C32H38N4O8/c1-14(37)16-8-6-15(7-9-16)13-34-20-12-21(35(2)3)18-10-17-11-19-25(36(4)5)28(40)24(31(33)43)30(42)32(19,44)29(41)22(17)27(39)23(18)26(20)38/h6-9,12,17,19,24-25,28,34,38-40,44H,10-11,13H2,1-5H3,(H2,33,43)/t17-,19-,24+,25-,28?,32-/m0/s1. The molecule has 2 fully saturated rings. The summed E-state index contributed by atoms with van der Waals surface area (Å²) in [6.07, 6.45) is -1.30. The van der Waals surface area contributed by atoms with Crippen LogP contribution in [-0.2, 0) is 27.3 Å². The number of fused-ring (bicyclic) bond motifs is 3. The zero-order valence-corrected chi connectivity index (χ0v) is 25.3. The van der Waals surface area contributed by atoms with E-state index >= 15 is 0 Å². The second-order valence-corrected chi connectivity index (χ2v) is 12.4. The number of aliphatic hydroxyl groups is 3. The molecule has 7 N–H and O–H groups in total. The number of nitrogens with one attached hydrogen (secondary N) is 1. The number of hydrogen-bond donors (Lipinski definition) is 6. The number of aromatic hydroxyl groups is 1. The van der Waals surface area contributed by atoms with Crippen LogP contribution in [0.5, 0.6) is 5.75 Å². The topological polar surface area (TPSA) is 194 Å². The number of carbonyl (C=O) groups is 4. The molecule has 0 radical (unpaired) electrons. The Balaban J connectivity index is 1.60. The lowest BCUT2D eigenvalue weighted by molar-refractivity contribution is -0.184. The molecule has 0 spiro atoms. The zero-order valence-electron chi connectivity index (χ0n) is 25.3. The zero-order chi connectivity index (χ0) is 32.4. The highest BCUT2D eigenvalue weighted by Crippen LogP contribution is 2.54. The van der Waals surface area contributed by atoms with Gasteiger partial charge in [0.1, 0.15) is 17.4 Å². The van der Waals surface area contributed by atoms with Crippen molar-refractivity contribution in [1.29, 1.82) is 0 Å². The molecule has 3 aliphatic carbocycles. The molecule has 2 aromatic rings. The van der Waals surface area contributed by atoms with Gasteiger partial charge in [-0.1, -0.05) is 24.3 Å². The van der Waals surface area contributed by atoms with Crippen LogP contribution in [-0.4, -0.2) is 94.5 Å². The number of phenolic OH excluding ortho intramolecular Hbond substituents is 1. The summed E-state index contributed by atoms with van der Waals surface area (Å²) in [7, 11) is 6.83. The van der Waals surface area contributed by atoms with Gasteiger partial charge >= 0.3 is 0 Å². The highest BCUT2D eigenvalue weighted by Gasteiger charge is 2.67. The number of carbonyl (C=O) groups excluding carboxylic acids is 4. The molecule has 6 atom stereocenters. The molecule has 5 rings (SSSR count). The van der Waals surface area contributed by atoms with Gasteiger partial charge < -0.3 is 41.3 Å². The maximum absolute atomic E-state index is 14.1. The van der Waals surface area contributed by atoms with Gasteiger partial charge in [-0.05, 0) is 57.0 Å². The third kappa shape index (κ3) is 4.64. The smallest absolute Gasteiger partial charge is 0.230 e. The summed E-state index contributed by atoms with van der Waals surface area (Å²) < 4.78 is 0. The van der Waals surface area contributed by atoms with E-state index in [4.69, 9.17) is 5.73 Å². The second kappa shape index (κ2) is 11.0. The predicted octanol–water partition coefficient (Wildman–Crippen LogP) is 1.01. The number of aliphatic hydroxyl groups excluding tert-OH is 2. The Morgan fingerprint density at radius 3 is 2.27 bits per heavy atom. The lowest BCUT2D eigenvalue weighted by Gasteiger charge is -2.53. The van der Waals surface area contributed by atoms with E-state index in [2.05, 4.69) is 5.32 Å². The third-order valence-corrected chi connectivity index (χ3v) is 9.39. The van der Waals surface area contributed by atoms with E-state index in [0.29, 0.717) is 16.8 Å². The van der Waals surface area contributed by atoms with Crippen molar-refractivity contribution in [1.82, 2.24) is 4.90 Å². The Morgan fingerprint density at radius 1 is 1.09 bits per heavy atom. The third-order valence-electron chi connectivity index (χ3n) is 9.39. The van der Waals surface area contributed by atoms with Crippen LogP contribution in [0.25, 0.3) is 5.76 Å². The number of hydrogen-bond acceptors (Lipinski definition) is 11. The van der Waals surface area contributed by atoms with E-state index in [1.54, 1.807) is 63.4 Å². The maximum Gasteiger partial charge on any atom is 0.230 e. The first kappa shape index (κ1) is 31.2. The maximum atomic E-state index is 14.1. The number of benzene rings is 2. The lowest BCUT2D eigenvalue weighted by atomic mass is 9.54. The molecule has 0 aliphatic heterocycles. The van der Waals surface area contributed by atoms with E-state index in [9.17, 15) is 39.6 Å². The first-order chi connectivity index (χ1) is 20.6. The van der Waals surface area contributed by atoms with Gasteiger partial charge in [-0.3, -0.25) is 19.2 Å². The van der Waals surface area contributed by atoms with Crippen LogP contribution >= 0.6 is 0 Å². The van der Waals surface area contributed by atoms with Crippen molar-refractivity contribution < 1.29 is 39.6 Å². The Bertz CT molecular complexity index is 1600. The molecule has 2 aromatic carbocycles. The SMILES string of the molecule is CC(=O)c1ccc(CNc2cc(N(C)C)c3c(c2O)C(O)=C2C(=O)[C@]4(O)C(=O)[C@H](C(N)=O)C(O)[C@@H](N(C)C)[C@@H]4C[C@@H]2C3)cc1. The van der Waals surface area contributed by atoms with Gasteiger partial charge in [0, 0.05) is 49.4 Å². The molecule has 234 valence electrons. The average Bonchev–Trinajstić information content (AvgIpc) is 2.94. The average molecular weight is 607 g/mol. The fourth-order valence-electron chi connectivity index (χ4n) is 7.24. The number of rotatable bonds is 7. The molecule has 44 heavy (non-hydrogen) atoms. The molecule has 0 bridgehead atoms. The summed E-state index contributed by atoms with van der Waals surface area (Å²) in [4.78, 5) is 54.9. The summed E-state index contributed by atoms with van der Waals surface area (Å²) >= 11 is 0. The van der Waals surface area contributed by atoms with E-state index in [-0.39, 0.29) is 47.7 Å². The predicted molar refractivity (Wildman–Crippen MR) is 162 cm³/mol. The highest BCUT2D eigenvalue weighted by atomic mass is 16.3. The Labute approximate surface area is 254 Å². The summed E-state index contributed by atoms with van der Waals surface area (Å²) in [5, 5.41) is 49.1. The van der Waals surface area contributed by atoms with Crippen LogP contribution in [0.1, 0.15) is 40.4 Å². The summed E-state index contributed by atoms with van der Waals surface area (Å²) in [6, 6.07) is 7.76. The number of amides is 1. The second-order valence-electron chi connectivity index (χ2n) is 12.4. The molecule has 2 saturated carbocycles. The van der Waals surface area contributed by atoms with Gasteiger partial charge in [0.05, 0.1) is 17.4 Å². The van der Waals surface area contributed by atoms with Crippen molar-refractivity contribution in [2.24, 2.45) is 23.5 Å². The first-order valence-electron chi connectivity index (χ1n) is 14.4. The van der Waals surface area contributed by atoms with Crippen molar-refractivity contribution in [2.75, 3.05) is 38.4 Å². The number of anilines is 2. The Hall–Kier alpha value is -4.26. The van der Waals surface area contributed by atoms with Crippen molar-refractivity contribution in [2.45, 2.75) is 44.1 Å². The normalized spacial score (nSPS) is 27.9. The van der Waals surface area contributed by atoms with Crippen LogP contribution in [0.3, 0.4) is 0 Å². The molecule has 1 unspecified atom stereocenters. The van der Waals surface area contributed by atoms with Crippen LogP contribution in [0.4, 0.5) is 11.4 Å². The number of nitrogens with zero attached hydrogens (tertiary/aromatic N) is 2. The number of Topliss-reactive ketones (excluding diaryl/α,β-unsaturated/α-hetero) is 3. The summed E-state index contributed by atoms with van der Waals surface area (Å²) in [5.41, 5.74) is 5.44. The number of nitrogens with two attached hydrogens (primary N) is 1. The van der Waals surface area contributed by atoms with Crippen molar-refractivity contribution in [3.63, 3.8) is 0 Å². The summed E-state index contributed by atoms with van der Waals surface area (Å²) in [5.74, 6) is -7.91. The molecule has 12 heteroatoms. The van der Waals surface area contributed by atoms with Gasteiger partial charge in [-0.25, -0.2) is 0 Å². The van der Waals surface area contributed by atoms with Crippen LogP contribution < -0.4 is 16.0 Å².